The molecule has 4 rings (SSSR count). The van der Waals surface area contributed by atoms with Crippen LogP contribution in [0, 0.1) is 5.92 Å². The molecule has 2 fully saturated rings. The third-order valence-electron chi connectivity index (χ3n) is 9.26. The highest BCUT2D eigenvalue weighted by molar-refractivity contribution is 6.09. The molecule has 2 aliphatic heterocycles. The molecular weight excluding hydrogens is 535 g/mol. The molecule has 43 heavy (non-hydrogen) atoms. The van der Waals surface area contributed by atoms with E-state index in [1.807, 2.05) is 40.0 Å². The van der Waals surface area contributed by atoms with E-state index in [2.05, 4.69) is 53.8 Å². The number of fused-ring (bicyclic) bond motifs is 2. The molecule has 0 radical (unpaired) electrons. The van der Waals surface area contributed by atoms with E-state index in [4.69, 9.17) is 4.99 Å². The van der Waals surface area contributed by atoms with Crippen molar-refractivity contribution < 1.29 is 9.18 Å². The first-order valence-electron chi connectivity index (χ1n) is 15.9. The van der Waals surface area contributed by atoms with E-state index in [-0.39, 0.29) is 11.9 Å². The number of hydrogen-bond acceptors (Lipinski definition) is 4. The van der Waals surface area contributed by atoms with Gasteiger partial charge in [-0.1, -0.05) is 58.1 Å². The summed E-state index contributed by atoms with van der Waals surface area (Å²) in [6.07, 6.45) is 15.6. The van der Waals surface area contributed by atoms with Crippen molar-refractivity contribution in [2.75, 3.05) is 18.0 Å². The standard InChI is InChI=1S/C37H49FN4O/c1-8-12-28-22-30(23-28)42-35-24-29(14-15-31(35)37(36(42)43)16-19-39-20-17-37)25(5)21-34(40-18-10-3)26(6)27(7)41-33(13-9-2)32(38)11-4/h9,11,13-15,18,21,24,28,30,39,41H,4-5,8,10,12,16-17,19-20,22-23H2,1-3,6-7H3/b13-9-,27-26+,33-32-,34-21+,40-18?. The Balaban J connectivity index is 1.70. The third kappa shape index (κ3) is 6.70. The zero-order chi connectivity index (χ0) is 31.1. The van der Waals surface area contributed by atoms with E-state index >= 15 is 0 Å². The molecule has 3 aliphatic rings. The van der Waals surface area contributed by atoms with E-state index in [1.165, 1.54) is 24.5 Å². The van der Waals surface area contributed by atoms with Crippen LogP contribution in [0.1, 0.15) is 90.7 Å². The molecular formula is C37H49FN4O. The lowest BCUT2D eigenvalue weighted by molar-refractivity contribution is -0.125. The van der Waals surface area contributed by atoms with Crippen LogP contribution in [0.5, 0.6) is 0 Å². The van der Waals surface area contributed by atoms with Crippen molar-refractivity contribution in [3.05, 3.63) is 95.3 Å². The summed E-state index contributed by atoms with van der Waals surface area (Å²) in [6.45, 7) is 19.7. The minimum absolute atomic E-state index is 0.273. The number of hydrogen-bond donors (Lipinski definition) is 2. The average molecular weight is 585 g/mol. The van der Waals surface area contributed by atoms with Gasteiger partial charge in [-0.2, -0.15) is 0 Å². The minimum atomic E-state index is -0.427. The maximum atomic E-state index is 14.4. The van der Waals surface area contributed by atoms with Gasteiger partial charge in [0.1, 0.15) is 5.83 Å². The van der Waals surface area contributed by atoms with E-state index in [1.54, 1.807) is 12.2 Å². The van der Waals surface area contributed by atoms with Gasteiger partial charge in [-0.15, -0.1) is 0 Å². The van der Waals surface area contributed by atoms with Gasteiger partial charge < -0.3 is 15.5 Å². The lowest BCUT2D eigenvalue weighted by atomic mass is 9.73. The average Bonchev–Trinajstić information content (AvgIpc) is 3.21. The maximum absolute atomic E-state index is 14.4. The van der Waals surface area contributed by atoms with Crippen molar-refractivity contribution >= 4 is 23.4 Å². The summed E-state index contributed by atoms with van der Waals surface area (Å²) < 4.78 is 14.4. The van der Waals surface area contributed by atoms with Gasteiger partial charge in [-0.25, -0.2) is 4.39 Å². The molecule has 0 aromatic heterocycles. The monoisotopic (exact) mass is 584 g/mol. The summed E-state index contributed by atoms with van der Waals surface area (Å²) in [5, 5.41) is 6.64. The van der Waals surface area contributed by atoms with Gasteiger partial charge in [-0.3, -0.25) is 9.79 Å². The van der Waals surface area contributed by atoms with E-state index < -0.39 is 11.2 Å². The molecule has 1 saturated carbocycles. The zero-order valence-electron chi connectivity index (χ0n) is 26.7. The summed E-state index contributed by atoms with van der Waals surface area (Å²) in [4.78, 5) is 21.1. The van der Waals surface area contributed by atoms with Gasteiger partial charge in [0.2, 0.25) is 5.91 Å². The van der Waals surface area contributed by atoms with Crippen LogP contribution in [0.15, 0.2) is 89.1 Å². The molecule has 230 valence electrons. The fraction of sp³-hybridized carbons (Fsp3) is 0.459. The van der Waals surface area contributed by atoms with Gasteiger partial charge in [0.05, 0.1) is 16.8 Å². The highest BCUT2D eigenvalue weighted by atomic mass is 19.1. The van der Waals surface area contributed by atoms with Crippen LogP contribution in [0.3, 0.4) is 0 Å². The zero-order valence-corrected chi connectivity index (χ0v) is 26.7. The van der Waals surface area contributed by atoms with Crippen molar-refractivity contribution in [2.24, 2.45) is 10.9 Å². The number of halogens is 1. The van der Waals surface area contributed by atoms with Crippen LogP contribution >= 0.6 is 0 Å². The molecule has 0 bridgehead atoms. The molecule has 1 aromatic rings. The van der Waals surface area contributed by atoms with Crippen molar-refractivity contribution in [2.45, 2.75) is 91.0 Å². The first-order chi connectivity index (χ1) is 20.7. The Morgan fingerprint density at radius 3 is 2.58 bits per heavy atom. The van der Waals surface area contributed by atoms with Crippen molar-refractivity contribution in [1.82, 2.24) is 10.6 Å². The lowest BCUT2D eigenvalue weighted by Gasteiger charge is -2.43. The number of rotatable bonds is 12. The van der Waals surface area contributed by atoms with Crippen LogP contribution in [-0.4, -0.2) is 31.3 Å². The summed E-state index contributed by atoms with van der Waals surface area (Å²) in [7, 11) is 0. The number of nitrogens with zero attached hydrogens (tertiary/aromatic N) is 2. The summed E-state index contributed by atoms with van der Waals surface area (Å²) in [5.74, 6) is 0.576. The van der Waals surface area contributed by atoms with Crippen LogP contribution in [0.2, 0.25) is 0 Å². The summed E-state index contributed by atoms with van der Waals surface area (Å²) in [5.41, 5.74) is 6.35. The van der Waals surface area contributed by atoms with Crippen LogP contribution < -0.4 is 15.5 Å². The maximum Gasteiger partial charge on any atom is 0.238 e. The van der Waals surface area contributed by atoms with Gasteiger partial charge in [0.15, 0.2) is 0 Å². The number of piperidine rings is 1. The number of amides is 1. The molecule has 2 N–H and O–H groups in total. The second-order valence-electron chi connectivity index (χ2n) is 12.1. The number of nitrogens with one attached hydrogen (secondary N) is 2. The molecule has 1 amide bonds. The largest absolute Gasteiger partial charge is 0.356 e. The van der Waals surface area contributed by atoms with Crippen molar-refractivity contribution in [3.8, 4) is 0 Å². The van der Waals surface area contributed by atoms with Gasteiger partial charge >= 0.3 is 0 Å². The Kier molecular flexibility index (Phi) is 10.8. The molecule has 1 aromatic carbocycles. The van der Waals surface area contributed by atoms with Gasteiger partial charge in [-0.05, 0) is 118 Å². The van der Waals surface area contributed by atoms with E-state index in [0.29, 0.717) is 11.6 Å². The Hall–Kier alpha value is -3.51. The number of aliphatic imine (C=N–C) groups is 1. The number of anilines is 1. The SMILES string of the molecule is C=C/C(F)=C(\C=C/C)N/C(C)=C(C)/C(=C\C(=C)c1ccc2c(c1)N(C1CC(CCC)C1)C(=O)C21CCNCC1)N=CCC. The molecule has 6 heteroatoms. The number of benzene rings is 1. The van der Waals surface area contributed by atoms with Crippen molar-refractivity contribution in [1.29, 1.82) is 0 Å². The van der Waals surface area contributed by atoms with E-state index in [0.717, 1.165) is 79.0 Å². The van der Waals surface area contributed by atoms with Crippen LogP contribution in [-0.2, 0) is 10.2 Å². The Labute approximate surface area is 258 Å². The predicted octanol–water partition coefficient (Wildman–Crippen LogP) is 8.44. The summed E-state index contributed by atoms with van der Waals surface area (Å²) >= 11 is 0. The Morgan fingerprint density at radius 2 is 1.95 bits per heavy atom. The van der Waals surface area contributed by atoms with E-state index in [9.17, 15) is 9.18 Å². The Bertz CT molecular complexity index is 1380. The molecule has 1 saturated heterocycles. The number of allylic oxidation sites excluding steroid dienone is 8. The molecule has 1 spiro atoms. The number of carbonyl (C=O) groups excluding carboxylic acids is 1. The second-order valence-corrected chi connectivity index (χ2v) is 12.1. The first kappa shape index (κ1) is 32.4. The highest BCUT2D eigenvalue weighted by Gasteiger charge is 2.54. The normalized spacial score (nSPS) is 22.9. The predicted molar refractivity (Wildman–Crippen MR) is 180 cm³/mol. The molecule has 0 unspecified atom stereocenters. The van der Waals surface area contributed by atoms with Gasteiger partial charge in [0.25, 0.3) is 0 Å². The molecule has 0 atom stereocenters. The first-order valence-corrected chi connectivity index (χ1v) is 15.9. The topological polar surface area (TPSA) is 56.7 Å². The fourth-order valence-corrected chi connectivity index (χ4v) is 6.67. The molecule has 2 heterocycles. The summed E-state index contributed by atoms with van der Waals surface area (Å²) in [6, 6.07) is 6.73. The third-order valence-corrected chi connectivity index (χ3v) is 9.26. The second kappa shape index (κ2) is 14.3. The van der Waals surface area contributed by atoms with Crippen LogP contribution in [0.25, 0.3) is 5.57 Å². The molecule has 1 aliphatic carbocycles. The highest BCUT2D eigenvalue weighted by Crippen LogP contribution is 2.51. The fourth-order valence-electron chi connectivity index (χ4n) is 6.67. The smallest absolute Gasteiger partial charge is 0.238 e. The van der Waals surface area contributed by atoms with Crippen LogP contribution in [0.4, 0.5) is 10.1 Å². The quantitative estimate of drug-likeness (QED) is 0.191. The van der Waals surface area contributed by atoms with Crippen molar-refractivity contribution in [3.63, 3.8) is 0 Å². The van der Waals surface area contributed by atoms with Gasteiger partial charge in [0, 0.05) is 23.6 Å². The minimum Gasteiger partial charge on any atom is -0.356 e. The molecule has 5 nitrogen and oxygen atoms in total. The Morgan fingerprint density at radius 1 is 1.23 bits per heavy atom. The number of carbonyl (C=O) groups is 1. The lowest BCUT2D eigenvalue weighted by Crippen LogP contribution is -2.53.